The van der Waals surface area contributed by atoms with E-state index in [-0.39, 0.29) is 11.6 Å². The van der Waals surface area contributed by atoms with Crippen LogP contribution in [0, 0.1) is 11.6 Å². The second kappa shape index (κ2) is 17.8. The lowest BCUT2D eigenvalue weighted by molar-refractivity contribution is 0.627. The van der Waals surface area contributed by atoms with Crippen LogP contribution in [-0.2, 0) is 6.54 Å². The van der Waals surface area contributed by atoms with E-state index < -0.39 is 0 Å². The van der Waals surface area contributed by atoms with Gasteiger partial charge in [0.1, 0.15) is 23.0 Å². The predicted molar refractivity (Wildman–Crippen MR) is 262 cm³/mol. The number of aromatic nitrogens is 12. The minimum atomic E-state index is -0.286. The van der Waals surface area contributed by atoms with Crippen molar-refractivity contribution >= 4 is 49.6 Å². The first-order valence-electron chi connectivity index (χ1n) is 21.9. The maximum absolute atomic E-state index is 13.4. The van der Waals surface area contributed by atoms with Crippen molar-refractivity contribution in [3.05, 3.63) is 164 Å². The number of fused-ring (bicyclic) bond motifs is 4. The van der Waals surface area contributed by atoms with Gasteiger partial charge in [0.2, 0.25) is 0 Å². The molecule has 8 heterocycles. The van der Waals surface area contributed by atoms with Crippen LogP contribution >= 0.6 is 0 Å². The Labute approximate surface area is 386 Å². The van der Waals surface area contributed by atoms with E-state index in [4.69, 9.17) is 15.7 Å². The number of anilines is 1. The average Bonchev–Trinajstić information content (AvgIpc) is 4.19. The van der Waals surface area contributed by atoms with E-state index in [1.54, 1.807) is 61.4 Å². The Balaban J connectivity index is 0.000000150. The zero-order chi connectivity index (χ0) is 46.1. The average molecular weight is 899 g/mol. The number of benzene rings is 4. The molecular formula is C52H40F2N14. The van der Waals surface area contributed by atoms with Gasteiger partial charge in [-0.1, -0.05) is 43.3 Å². The highest BCUT2D eigenvalue weighted by Gasteiger charge is 2.18. The molecule has 332 valence electrons. The third-order valence-corrected chi connectivity index (χ3v) is 11.6. The van der Waals surface area contributed by atoms with Gasteiger partial charge in [-0.15, -0.1) is 0 Å². The van der Waals surface area contributed by atoms with E-state index in [1.807, 2.05) is 42.7 Å². The molecule has 12 rings (SSSR count). The van der Waals surface area contributed by atoms with Crippen molar-refractivity contribution in [1.82, 2.24) is 65.6 Å². The molecule has 14 nitrogen and oxygen atoms in total. The van der Waals surface area contributed by atoms with Crippen molar-refractivity contribution in [2.75, 3.05) is 12.3 Å². The highest BCUT2D eigenvalue weighted by molar-refractivity contribution is 5.99. The summed E-state index contributed by atoms with van der Waals surface area (Å²) in [5, 5.41) is 20.5. The van der Waals surface area contributed by atoms with E-state index in [0.29, 0.717) is 23.0 Å². The molecule has 16 heteroatoms. The third-order valence-electron chi connectivity index (χ3n) is 11.6. The number of aromatic amines is 4. The zero-order valence-corrected chi connectivity index (χ0v) is 36.4. The molecule has 0 amide bonds. The first-order chi connectivity index (χ1) is 33.3. The van der Waals surface area contributed by atoms with Crippen LogP contribution in [0.1, 0.15) is 18.9 Å². The van der Waals surface area contributed by atoms with Gasteiger partial charge in [-0.2, -0.15) is 10.2 Å². The molecule has 0 aliphatic heterocycles. The summed E-state index contributed by atoms with van der Waals surface area (Å²) in [7, 11) is 0. The van der Waals surface area contributed by atoms with Crippen molar-refractivity contribution in [3.8, 4) is 67.5 Å². The van der Waals surface area contributed by atoms with Gasteiger partial charge in [0.05, 0.1) is 51.2 Å². The second-order valence-corrected chi connectivity index (χ2v) is 16.3. The van der Waals surface area contributed by atoms with Gasteiger partial charge in [0.15, 0.2) is 11.6 Å². The summed E-state index contributed by atoms with van der Waals surface area (Å²) in [6.45, 7) is 3.92. The van der Waals surface area contributed by atoms with Crippen LogP contribution in [0.4, 0.5) is 14.5 Å². The van der Waals surface area contributed by atoms with Crippen molar-refractivity contribution in [2.45, 2.75) is 19.9 Å². The number of hydrogen-bond acceptors (Lipinski definition) is 10. The van der Waals surface area contributed by atoms with Gasteiger partial charge in [0, 0.05) is 76.8 Å². The molecule has 0 aliphatic rings. The molecule has 0 atom stereocenters. The predicted octanol–water partition coefficient (Wildman–Crippen LogP) is 10.8. The van der Waals surface area contributed by atoms with Crippen LogP contribution in [0.5, 0.6) is 0 Å². The number of H-pyrrole nitrogens is 4. The molecule has 0 saturated carbocycles. The molecule has 12 aromatic rings. The molecule has 0 radical (unpaired) electrons. The fourth-order valence-electron chi connectivity index (χ4n) is 8.29. The molecule has 0 bridgehead atoms. The zero-order valence-electron chi connectivity index (χ0n) is 36.4. The largest absolute Gasteiger partial charge is 0.397 e. The number of nitrogens with two attached hydrogens (primary N) is 1. The molecule has 0 aliphatic carbocycles. The number of nitrogen functional groups attached to an aromatic ring is 1. The fourth-order valence-corrected chi connectivity index (χ4v) is 8.29. The van der Waals surface area contributed by atoms with Crippen LogP contribution in [-0.4, -0.2) is 66.8 Å². The number of imidazole rings is 2. The molecule has 0 unspecified atom stereocenters. The minimum absolute atomic E-state index is 0.279. The molecular weight excluding hydrogens is 859 g/mol. The number of nitrogens with one attached hydrogen (secondary N) is 5. The van der Waals surface area contributed by atoms with E-state index in [0.717, 1.165) is 119 Å². The van der Waals surface area contributed by atoms with Crippen LogP contribution in [0.15, 0.2) is 147 Å². The lowest BCUT2D eigenvalue weighted by Gasteiger charge is -2.06. The molecule has 4 aromatic carbocycles. The van der Waals surface area contributed by atoms with E-state index in [9.17, 15) is 8.78 Å². The quantitative estimate of drug-likeness (QED) is 0.0717. The van der Waals surface area contributed by atoms with Crippen molar-refractivity contribution in [3.63, 3.8) is 0 Å². The molecule has 68 heavy (non-hydrogen) atoms. The smallest absolute Gasteiger partial charge is 0.159 e. The van der Waals surface area contributed by atoms with E-state index in [1.165, 1.54) is 24.3 Å². The van der Waals surface area contributed by atoms with Crippen molar-refractivity contribution in [1.29, 1.82) is 0 Å². The van der Waals surface area contributed by atoms with E-state index >= 15 is 0 Å². The Hall–Kier alpha value is -9.02. The Morgan fingerprint density at radius 2 is 0.985 bits per heavy atom. The molecule has 8 aromatic heterocycles. The minimum Gasteiger partial charge on any atom is -0.397 e. The van der Waals surface area contributed by atoms with Crippen LogP contribution in [0.2, 0.25) is 0 Å². The summed E-state index contributed by atoms with van der Waals surface area (Å²) in [5.74, 6) is 0.690. The molecule has 0 fully saturated rings. The number of hydrogen-bond donors (Lipinski definition) is 6. The van der Waals surface area contributed by atoms with Gasteiger partial charge >= 0.3 is 0 Å². The maximum atomic E-state index is 13.4. The highest BCUT2D eigenvalue weighted by Crippen LogP contribution is 2.35. The molecule has 0 saturated heterocycles. The van der Waals surface area contributed by atoms with Crippen LogP contribution in [0.3, 0.4) is 0 Å². The summed E-state index contributed by atoms with van der Waals surface area (Å²) in [6.07, 6.45) is 15.2. The van der Waals surface area contributed by atoms with Gasteiger partial charge < -0.3 is 21.0 Å². The summed E-state index contributed by atoms with van der Waals surface area (Å²) < 4.78 is 26.8. The monoisotopic (exact) mass is 898 g/mol. The Morgan fingerprint density at radius 1 is 0.500 bits per heavy atom. The normalized spacial score (nSPS) is 11.5. The first kappa shape index (κ1) is 41.7. The molecule has 0 spiro atoms. The summed E-state index contributed by atoms with van der Waals surface area (Å²) in [4.78, 5) is 33.7. The third kappa shape index (κ3) is 8.15. The number of pyridine rings is 4. The van der Waals surface area contributed by atoms with Crippen molar-refractivity contribution in [2.24, 2.45) is 0 Å². The van der Waals surface area contributed by atoms with Crippen LogP contribution in [0.25, 0.3) is 111 Å². The van der Waals surface area contributed by atoms with Crippen molar-refractivity contribution < 1.29 is 8.78 Å². The van der Waals surface area contributed by atoms with Gasteiger partial charge in [0.25, 0.3) is 0 Å². The SMILES string of the molecule is CCCNCc1cncc(-c2ccc3[nH]nc(-c4nc5c(-c6ccc(F)cc6)cncc5[nH]4)c3c2)c1.Nc1cncc(-c2ccc3[nH]nc(-c4nc5c(-c6ccc(F)cc6)cncc5[nH]4)c3c2)c1. The van der Waals surface area contributed by atoms with Crippen LogP contribution < -0.4 is 11.1 Å². The van der Waals surface area contributed by atoms with Gasteiger partial charge in [-0.05, 0) is 101 Å². The Bertz CT molecular complexity index is 3760. The van der Waals surface area contributed by atoms with Gasteiger partial charge in [-0.3, -0.25) is 30.1 Å². The Morgan fingerprint density at radius 3 is 1.50 bits per heavy atom. The summed E-state index contributed by atoms with van der Waals surface area (Å²) in [5.41, 5.74) is 21.3. The lowest BCUT2D eigenvalue weighted by atomic mass is 10.0. The summed E-state index contributed by atoms with van der Waals surface area (Å²) >= 11 is 0. The summed E-state index contributed by atoms with van der Waals surface area (Å²) in [6, 6.07) is 28.9. The lowest BCUT2D eigenvalue weighted by Crippen LogP contribution is -2.13. The molecule has 7 N–H and O–H groups in total. The Kier molecular flexibility index (Phi) is 10.9. The fraction of sp³-hybridized carbons (Fsp3) is 0.0769. The van der Waals surface area contributed by atoms with E-state index in [2.05, 4.69) is 80.7 Å². The highest BCUT2D eigenvalue weighted by atomic mass is 19.1. The van der Waals surface area contributed by atoms with Gasteiger partial charge in [-0.25, -0.2) is 18.7 Å². The second-order valence-electron chi connectivity index (χ2n) is 16.3. The maximum Gasteiger partial charge on any atom is 0.159 e. The number of rotatable bonds is 10. The number of nitrogens with zero attached hydrogens (tertiary/aromatic N) is 8. The standard InChI is InChI=1S/C28H24FN7.C24H16FN7/c1-2-9-30-12-17-10-20(14-31-13-17)19-5-8-24-22(11-19)27(36-35-24)28-33-25-16-32-15-23(26(25)34-28)18-3-6-21(29)7-4-18;25-16-4-1-13(2-5-16)19-11-28-12-21-22(19)30-24(29-21)23-18-8-14(3-6-20(18)31-32-23)15-7-17(26)10-27-9-15/h3-8,10-11,13-16,30H,2,9,12H2,1H3,(H,33,34)(H,35,36);1-12H,26H2,(H,29,30)(H,31,32). The topological polar surface area (TPSA) is 204 Å². The first-order valence-corrected chi connectivity index (χ1v) is 21.9. The number of halogens is 2.